The number of aryl methyl sites for hydroxylation is 1. The van der Waals surface area contributed by atoms with Crippen LogP contribution in [-0.2, 0) is 21.4 Å². The van der Waals surface area contributed by atoms with Crippen LogP contribution in [0.15, 0.2) is 70.2 Å². The van der Waals surface area contributed by atoms with Crippen LogP contribution in [0.4, 0.5) is 5.69 Å². The fourth-order valence-electron chi connectivity index (χ4n) is 3.17. The SMILES string of the molecule is COc1cc(/C=N\NC(=O)CN(c2ccccc2Cl)S(C)(=O)=O)cc(Br)c1OCc1ccc(C)cc1. The number of ether oxygens (including phenoxy) is 2. The molecule has 0 aliphatic rings. The lowest BCUT2D eigenvalue weighted by molar-refractivity contribution is -0.119. The molecule has 11 heteroatoms. The zero-order valence-electron chi connectivity index (χ0n) is 19.9. The number of benzene rings is 3. The van der Waals surface area contributed by atoms with Gasteiger partial charge < -0.3 is 9.47 Å². The molecule has 0 radical (unpaired) electrons. The lowest BCUT2D eigenvalue weighted by Gasteiger charge is -2.22. The Morgan fingerprint density at radius 3 is 2.50 bits per heavy atom. The molecule has 0 heterocycles. The van der Waals surface area contributed by atoms with E-state index in [-0.39, 0.29) is 10.7 Å². The number of carbonyl (C=O) groups excluding carboxylic acids is 1. The predicted molar refractivity (Wildman–Crippen MR) is 146 cm³/mol. The topological polar surface area (TPSA) is 97.3 Å². The van der Waals surface area contributed by atoms with Crippen LogP contribution in [0, 0.1) is 6.92 Å². The van der Waals surface area contributed by atoms with Crippen LogP contribution >= 0.6 is 27.5 Å². The average Bonchev–Trinajstić information content (AvgIpc) is 2.82. The van der Waals surface area contributed by atoms with Gasteiger partial charge in [-0.25, -0.2) is 13.8 Å². The number of hydrazone groups is 1. The van der Waals surface area contributed by atoms with Crippen LogP contribution < -0.4 is 19.2 Å². The van der Waals surface area contributed by atoms with Gasteiger partial charge in [-0.05, 0) is 58.2 Å². The van der Waals surface area contributed by atoms with Gasteiger partial charge in [0.2, 0.25) is 10.0 Å². The highest BCUT2D eigenvalue weighted by Crippen LogP contribution is 2.37. The summed E-state index contributed by atoms with van der Waals surface area (Å²) in [6, 6.07) is 17.9. The van der Waals surface area contributed by atoms with Gasteiger partial charge in [-0.3, -0.25) is 9.10 Å². The third-order valence-corrected chi connectivity index (χ3v) is 7.00. The Bertz CT molecular complexity index is 1360. The maximum Gasteiger partial charge on any atom is 0.260 e. The molecule has 0 spiro atoms. The van der Waals surface area contributed by atoms with Gasteiger partial charge in [0.25, 0.3) is 5.91 Å². The summed E-state index contributed by atoms with van der Waals surface area (Å²) in [6.45, 7) is 1.90. The number of methoxy groups -OCH3 is 1. The third-order valence-electron chi connectivity index (χ3n) is 4.97. The van der Waals surface area contributed by atoms with Gasteiger partial charge in [0, 0.05) is 0 Å². The molecule has 0 saturated heterocycles. The Kier molecular flexibility index (Phi) is 9.36. The van der Waals surface area contributed by atoms with E-state index < -0.39 is 22.5 Å². The molecule has 3 rings (SSSR count). The molecule has 0 aliphatic carbocycles. The Labute approximate surface area is 224 Å². The summed E-state index contributed by atoms with van der Waals surface area (Å²) in [5.41, 5.74) is 5.35. The number of hydrogen-bond acceptors (Lipinski definition) is 6. The highest BCUT2D eigenvalue weighted by Gasteiger charge is 2.22. The first kappa shape index (κ1) is 27.5. The number of amides is 1. The Morgan fingerprint density at radius 1 is 1.17 bits per heavy atom. The van der Waals surface area contributed by atoms with Crippen molar-refractivity contribution in [3.05, 3.63) is 86.8 Å². The largest absolute Gasteiger partial charge is 0.493 e. The van der Waals surface area contributed by atoms with Gasteiger partial charge in [0.05, 0.1) is 34.8 Å². The van der Waals surface area contributed by atoms with E-state index in [9.17, 15) is 13.2 Å². The number of para-hydroxylation sites is 1. The first-order chi connectivity index (χ1) is 17.1. The van der Waals surface area contributed by atoms with Crippen LogP contribution in [0.1, 0.15) is 16.7 Å². The summed E-state index contributed by atoms with van der Waals surface area (Å²) < 4.78 is 37.4. The fourth-order valence-corrected chi connectivity index (χ4v) is 4.90. The second-order valence-corrected chi connectivity index (χ2v) is 11.0. The number of sulfonamides is 1. The van der Waals surface area contributed by atoms with E-state index in [0.717, 1.165) is 16.1 Å². The van der Waals surface area contributed by atoms with Gasteiger partial charge in [-0.1, -0.05) is 53.6 Å². The molecular weight excluding hydrogens is 570 g/mol. The number of halogens is 2. The standard InChI is InChI=1S/C25H25BrClN3O5S/c1-17-8-10-18(11-9-17)16-35-25-20(26)12-19(13-23(25)34-2)14-28-29-24(31)15-30(36(3,32)33)22-7-5-4-6-21(22)27/h4-14H,15-16H2,1-3H3,(H,29,31)/b28-14-. The van der Waals surface area contributed by atoms with E-state index in [1.807, 2.05) is 31.2 Å². The van der Waals surface area contributed by atoms with Crippen LogP contribution in [0.25, 0.3) is 0 Å². The number of rotatable bonds is 10. The second-order valence-electron chi connectivity index (χ2n) is 7.82. The maximum absolute atomic E-state index is 12.4. The summed E-state index contributed by atoms with van der Waals surface area (Å²) in [5.74, 6) is 0.370. The van der Waals surface area contributed by atoms with Crippen molar-refractivity contribution in [1.29, 1.82) is 0 Å². The maximum atomic E-state index is 12.4. The van der Waals surface area contributed by atoms with Gasteiger partial charge in [-0.2, -0.15) is 5.10 Å². The van der Waals surface area contributed by atoms with Crippen molar-refractivity contribution < 1.29 is 22.7 Å². The zero-order chi connectivity index (χ0) is 26.3. The third kappa shape index (κ3) is 7.46. The second kappa shape index (κ2) is 12.2. The van der Waals surface area contributed by atoms with Crippen molar-refractivity contribution in [2.24, 2.45) is 5.10 Å². The molecule has 190 valence electrons. The molecule has 0 aromatic heterocycles. The quantitative estimate of drug-likeness (QED) is 0.266. The fraction of sp³-hybridized carbons (Fsp3) is 0.200. The molecule has 1 N–H and O–H groups in total. The van der Waals surface area contributed by atoms with Gasteiger partial charge in [-0.15, -0.1) is 0 Å². The smallest absolute Gasteiger partial charge is 0.260 e. The van der Waals surface area contributed by atoms with Crippen molar-refractivity contribution in [1.82, 2.24) is 5.43 Å². The predicted octanol–water partition coefficient (Wildman–Crippen LogP) is 4.91. The van der Waals surface area contributed by atoms with Crippen LogP contribution in [-0.4, -0.2) is 40.4 Å². The molecule has 3 aromatic carbocycles. The van der Waals surface area contributed by atoms with Crippen molar-refractivity contribution in [3.8, 4) is 11.5 Å². The molecule has 0 bridgehead atoms. The highest BCUT2D eigenvalue weighted by molar-refractivity contribution is 9.10. The summed E-state index contributed by atoms with van der Waals surface area (Å²) in [4.78, 5) is 12.4. The zero-order valence-corrected chi connectivity index (χ0v) is 23.0. The normalized spacial score (nSPS) is 11.4. The van der Waals surface area contributed by atoms with Crippen molar-refractivity contribution in [2.75, 3.05) is 24.2 Å². The number of nitrogens with one attached hydrogen (secondary N) is 1. The molecule has 0 aliphatic heterocycles. The average molecular weight is 595 g/mol. The van der Waals surface area contributed by atoms with Crippen molar-refractivity contribution in [2.45, 2.75) is 13.5 Å². The van der Waals surface area contributed by atoms with Gasteiger partial charge in [0.15, 0.2) is 11.5 Å². The first-order valence-electron chi connectivity index (χ1n) is 10.7. The molecule has 36 heavy (non-hydrogen) atoms. The van der Waals surface area contributed by atoms with E-state index >= 15 is 0 Å². The van der Waals surface area contributed by atoms with E-state index in [0.29, 0.717) is 28.1 Å². The highest BCUT2D eigenvalue weighted by atomic mass is 79.9. The Balaban J connectivity index is 1.68. The summed E-state index contributed by atoms with van der Waals surface area (Å²) in [6.07, 6.45) is 2.41. The first-order valence-corrected chi connectivity index (χ1v) is 13.7. The molecule has 3 aromatic rings. The molecule has 0 unspecified atom stereocenters. The Hall–Kier alpha value is -3.08. The molecule has 8 nitrogen and oxygen atoms in total. The number of carbonyl (C=O) groups is 1. The molecule has 1 amide bonds. The van der Waals surface area contributed by atoms with Gasteiger partial charge in [0.1, 0.15) is 13.2 Å². The Morgan fingerprint density at radius 2 is 1.86 bits per heavy atom. The molecule has 0 saturated carbocycles. The van der Waals surface area contributed by atoms with Crippen LogP contribution in [0.5, 0.6) is 11.5 Å². The van der Waals surface area contributed by atoms with Crippen LogP contribution in [0.2, 0.25) is 5.02 Å². The minimum absolute atomic E-state index is 0.204. The number of nitrogens with zero attached hydrogens (tertiary/aromatic N) is 2. The molecule has 0 fully saturated rings. The van der Waals surface area contributed by atoms with Crippen LogP contribution in [0.3, 0.4) is 0 Å². The summed E-state index contributed by atoms with van der Waals surface area (Å²) in [5, 5.41) is 4.15. The van der Waals surface area contributed by atoms with E-state index in [1.54, 1.807) is 30.3 Å². The lowest BCUT2D eigenvalue weighted by Crippen LogP contribution is -2.39. The minimum atomic E-state index is -3.76. The van der Waals surface area contributed by atoms with E-state index in [4.69, 9.17) is 21.1 Å². The number of anilines is 1. The van der Waals surface area contributed by atoms with Crippen molar-refractivity contribution >= 4 is 55.4 Å². The van der Waals surface area contributed by atoms with E-state index in [2.05, 4.69) is 26.5 Å². The molecular formula is C25H25BrClN3O5S. The monoisotopic (exact) mass is 593 g/mol. The summed E-state index contributed by atoms with van der Waals surface area (Å²) >= 11 is 9.61. The van der Waals surface area contributed by atoms with Crippen molar-refractivity contribution in [3.63, 3.8) is 0 Å². The van der Waals surface area contributed by atoms with E-state index in [1.165, 1.54) is 25.0 Å². The minimum Gasteiger partial charge on any atom is -0.493 e. The number of hydrogen-bond donors (Lipinski definition) is 1. The molecule has 0 atom stereocenters. The van der Waals surface area contributed by atoms with Gasteiger partial charge >= 0.3 is 0 Å². The lowest BCUT2D eigenvalue weighted by atomic mass is 10.2. The summed E-state index contributed by atoms with van der Waals surface area (Å²) in [7, 11) is -2.23.